The first kappa shape index (κ1) is 15.4. The molecule has 2 atom stereocenters. The van der Waals surface area contributed by atoms with Gasteiger partial charge in [-0.3, -0.25) is 4.79 Å². The van der Waals surface area contributed by atoms with E-state index in [1.54, 1.807) is 13.8 Å². The van der Waals surface area contributed by atoms with Crippen molar-refractivity contribution in [3.8, 4) is 0 Å². The van der Waals surface area contributed by atoms with E-state index in [-0.39, 0.29) is 12.5 Å². The molecule has 4 nitrogen and oxygen atoms in total. The van der Waals surface area contributed by atoms with Gasteiger partial charge in [0.15, 0.2) is 0 Å². The van der Waals surface area contributed by atoms with E-state index in [1.807, 2.05) is 13.8 Å². The molecule has 4 heteroatoms. The van der Waals surface area contributed by atoms with Crippen LogP contribution in [0.25, 0.3) is 0 Å². The third-order valence-corrected chi connectivity index (χ3v) is 3.02. The molecular formula is C12H25NO3. The number of nitrogens with one attached hydrogen (secondary N) is 1. The first-order valence-corrected chi connectivity index (χ1v) is 5.87. The van der Waals surface area contributed by atoms with Crippen molar-refractivity contribution in [2.24, 2.45) is 0 Å². The van der Waals surface area contributed by atoms with Crippen LogP contribution < -0.4 is 5.32 Å². The highest BCUT2D eigenvalue weighted by Crippen LogP contribution is 2.15. The molecule has 0 heterocycles. The Hall–Kier alpha value is -0.610. The zero-order valence-electron chi connectivity index (χ0n) is 11.1. The van der Waals surface area contributed by atoms with Crippen LogP contribution in [0.15, 0.2) is 0 Å². The molecule has 0 aliphatic carbocycles. The maximum absolute atomic E-state index is 11.8. The SMILES string of the molecule is CCCC(C)(O)CNC(=O)C(C)(CC)OC. The van der Waals surface area contributed by atoms with E-state index in [9.17, 15) is 9.90 Å². The summed E-state index contributed by atoms with van der Waals surface area (Å²) in [5.74, 6) is -0.172. The molecule has 2 N–H and O–H groups in total. The molecule has 0 rings (SSSR count). The van der Waals surface area contributed by atoms with Crippen LogP contribution in [0.4, 0.5) is 0 Å². The molecule has 0 aliphatic heterocycles. The summed E-state index contributed by atoms with van der Waals surface area (Å²) in [6.07, 6.45) is 2.16. The van der Waals surface area contributed by atoms with Crippen LogP contribution in [-0.4, -0.2) is 35.9 Å². The highest BCUT2D eigenvalue weighted by atomic mass is 16.5. The molecule has 0 radical (unpaired) electrons. The number of amides is 1. The van der Waals surface area contributed by atoms with Crippen molar-refractivity contribution in [3.05, 3.63) is 0 Å². The summed E-state index contributed by atoms with van der Waals surface area (Å²) < 4.78 is 5.18. The second-order valence-corrected chi connectivity index (χ2v) is 4.72. The van der Waals surface area contributed by atoms with E-state index >= 15 is 0 Å². The first-order chi connectivity index (χ1) is 7.31. The van der Waals surface area contributed by atoms with Crippen molar-refractivity contribution >= 4 is 5.91 Å². The lowest BCUT2D eigenvalue weighted by atomic mass is 9.98. The molecule has 96 valence electrons. The third-order valence-electron chi connectivity index (χ3n) is 3.02. The van der Waals surface area contributed by atoms with Gasteiger partial charge in [0.1, 0.15) is 5.60 Å². The molecule has 0 aliphatic rings. The lowest BCUT2D eigenvalue weighted by Crippen LogP contribution is -2.50. The Kier molecular flexibility index (Phi) is 5.97. The largest absolute Gasteiger partial charge is 0.388 e. The first-order valence-electron chi connectivity index (χ1n) is 5.87. The topological polar surface area (TPSA) is 58.6 Å². The van der Waals surface area contributed by atoms with Crippen molar-refractivity contribution in [1.82, 2.24) is 5.32 Å². The number of carbonyl (C=O) groups is 1. The summed E-state index contributed by atoms with van der Waals surface area (Å²) in [4.78, 5) is 11.8. The highest BCUT2D eigenvalue weighted by molar-refractivity contribution is 5.84. The van der Waals surface area contributed by atoms with E-state index in [0.29, 0.717) is 12.8 Å². The van der Waals surface area contributed by atoms with Crippen molar-refractivity contribution in [2.75, 3.05) is 13.7 Å². The highest BCUT2D eigenvalue weighted by Gasteiger charge is 2.32. The smallest absolute Gasteiger partial charge is 0.252 e. The second kappa shape index (κ2) is 6.21. The van der Waals surface area contributed by atoms with Crippen LogP contribution >= 0.6 is 0 Å². The van der Waals surface area contributed by atoms with Crippen LogP contribution in [0, 0.1) is 0 Å². The number of methoxy groups -OCH3 is 1. The predicted octanol–water partition coefficient (Wildman–Crippen LogP) is 1.47. The summed E-state index contributed by atoms with van der Waals surface area (Å²) in [6, 6.07) is 0. The van der Waals surface area contributed by atoms with Crippen LogP contribution in [0.1, 0.15) is 47.0 Å². The normalized spacial score (nSPS) is 18.6. The Morgan fingerprint density at radius 3 is 2.31 bits per heavy atom. The molecule has 0 spiro atoms. The molecular weight excluding hydrogens is 206 g/mol. The zero-order valence-corrected chi connectivity index (χ0v) is 11.1. The van der Waals surface area contributed by atoms with Crippen molar-refractivity contribution in [2.45, 2.75) is 58.2 Å². The number of ether oxygens (including phenoxy) is 1. The van der Waals surface area contributed by atoms with E-state index in [1.165, 1.54) is 7.11 Å². The number of hydrogen-bond donors (Lipinski definition) is 2. The van der Waals surface area contributed by atoms with Gasteiger partial charge in [0.05, 0.1) is 5.60 Å². The van der Waals surface area contributed by atoms with Gasteiger partial charge in [-0.2, -0.15) is 0 Å². The Morgan fingerprint density at radius 2 is 1.94 bits per heavy atom. The predicted molar refractivity (Wildman–Crippen MR) is 64.2 cm³/mol. The average molecular weight is 231 g/mol. The van der Waals surface area contributed by atoms with Gasteiger partial charge >= 0.3 is 0 Å². The maximum atomic E-state index is 11.8. The molecule has 0 aromatic heterocycles. The minimum Gasteiger partial charge on any atom is -0.388 e. The molecule has 0 fully saturated rings. The summed E-state index contributed by atoms with van der Waals surface area (Å²) in [7, 11) is 1.52. The fraction of sp³-hybridized carbons (Fsp3) is 0.917. The van der Waals surface area contributed by atoms with Gasteiger partial charge in [-0.15, -0.1) is 0 Å². The summed E-state index contributed by atoms with van der Waals surface area (Å²) in [5, 5.41) is 12.7. The van der Waals surface area contributed by atoms with Gasteiger partial charge in [-0.1, -0.05) is 20.3 Å². The minimum absolute atomic E-state index is 0.172. The van der Waals surface area contributed by atoms with Crippen LogP contribution in [0.5, 0.6) is 0 Å². The number of aliphatic hydroxyl groups is 1. The van der Waals surface area contributed by atoms with E-state index in [0.717, 1.165) is 6.42 Å². The molecule has 16 heavy (non-hydrogen) atoms. The lowest BCUT2D eigenvalue weighted by molar-refractivity contribution is -0.143. The molecule has 0 saturated carbocycles. The van der Waals surface area contributed by atoms with E-state index < -0.39 is 11.2 Å². The molecule has 2 unspecified atom stereocenters. The molecule has 1 amide bonds. The Morgan fingerprint density at radius 1 is 1.38 bits per heavy atom. The Balaban J connectivity index is 4.26. The fourth-order valence-electron chi connectivity index (χ4n) is 1.48. The molecule has 0 saturated heterocycles. The Labute approximate surface area is 98.4 Å². The summed E-state index contributed by atoms with van der Waals surface area (Å²) in [5.41, 5.74) is -1.64. The maximum Gasteiger partial charge on any atom is 0.252 e. The molecule has 0 aromatic rings. The van der Waals surface area contributed by atoms with Gasteiger partial charge in [0.25, 0.3) is 5.91 Å². The van der Waals surface area contributed by atoms with E-state index in [4.69, 9.17) is 4.74 Å². The standard InChI is InChI=1S/C12H25NO3/c1-6-8-11(3,15)9-13-10(14)12(4,7-2)16-5/h15H,6-9H2,1-5H3,(H,13,14). The summed E-state index contributed by atoms with van der Waals surface area (Å²) in [6.45, 7) is 7.64. The number of carbonyl (C=O) groups excluding carboxylic acids is 1. The van der Waals surface area contributed by atoms with Gasteiger partial charge in [0.2, 0.25) is 0 Å². The third kappa shape index (κ3) is 4.49. The van der Waals surface area contributed by atoms with Crippen molar-refractivity contribution < 1.29 is 14.6 Å². The van der Waals surface area contributed by atoms with E-state index in [2.05, 4.69) is 5.32 Å². The number of hydrogen-bond acceptors (Lipinski definition) is 3. The van der Waals surface area contributed by atoms with Crippen LogP contribution in [-0.2, 0) is 9.53 Å². The van der Waals surface area contributed by atoms with Crippen molar-refractivity contribution in [1.29, 1.82) is 0 Å². The van der Waals surface area contributed by atoms with Gasteiger partial charge in [-0.25, -0.2) is 0 Å². The molecule has 0 aromatic carbocycles. The fourth-order valence-corrected chi connectivity index (χ4v) is 1.48. The minimum atomic E-state index is -0.840. The van der Waals surface area contributed by atoms with Crippen molar-refractivity contribution in [3.63, 3.8) is 0 Å². The molecule has 0 bridgehead atoms. The van der Waals surface area contributed by atoms with Gasteiger partial charge < -0.3 is 15.2 Å². The van der Waals surface area contributed by atoms with Crippen LogP contribution in [0.3, 0.4) is 0 Å². The monoisotopic (exact) mass is 231 g/mol. The quantitative estimate of drug-likeness (QED) is 0.697. The summed E-state index contributed by atoms with van der Waals surface area (Å²) >= 11 is 0. The second-order valence-electron chi connectivity index (χ2n) is 4.72. The van der Waals surface area contributed by atoms with Crippen LogP contribution in [0.2, 0.25) is 0 Å². The zero-order chi connectivity index (χ0) is 12.8. The van der Waals surface area contributed by atoms with Gasteiger partial charge in [-0.05, 0) is 26.7 Å². The lowest BCUT2D eigenvalue weighted by Gasteiger charge is -2.28. The van der Waals surface area contributed by atoms with Gasteiger partial charge in [0, 0.05) is 13.7 Å². The average Bonchev–Trinajstić information content (AvgIpc) is 2.24. The Bertz CT molecular complexity index is 222. The number of rotatable bonds is 7.